The molecule has 0 amide bonds. The van der Waals surface area contributed by atoms with E-state index < -0.39 is 16.6 Å². The Kier molecular flexibility index (Phi) is 4.98. The van der Waals surface area contributed by atoms with E-state index in [9.17, 15) is 0 Å². The molecule has 0 radical (unpaired) electrons. The molecule has 5 heteroatoms. The van der Waals surface area contributed by atoms with E-state index in [1.54, 1.807) is 0 Å². The predicted molar refractivity (Wildman–Crippen MR) is 80.9 cm³/mol. The van der Waals surface area contributed by atoms with Gasteiger partial charge in [-0.15, -0.1) is 0 Å². The Morgan fingerprint density at radius 2 is 1.94 bits per heavy atom. The lowest BCUT2D eigenvalue weighted by Crippen LogP contribution is -2.52. The molecule has 0 fully saturated rings. The first-order valence-electron chi connectivity index (χ1n) is 6.68. The Balaban J connectivity index is 2.47. The molecule has 1 aliphatic rings. The lowest BCUT2D eigenvalue weighted by Gasteiger charge is -2.36. The van der Waals surface area contributed by atoms with Gasteiger partial charge in [0, 0.05) is 0 Å². The first-order chi connectivity index (χ1) is 7.76. The molecule has 1 atom stereocenters. The van der Waals surface area contributed by atoms with Crippen LogP contribution in [0.15, 0.2) is 4.99 Å². The zero-order valence-corrected chi connectivity index (χ0v) is 14.3. The van der Waals surface area contributed by atoms with E-state index in [4.69, 9.17) is 4.43 Å². The van der Waals surface area contributed by atoms with Crippen molar-refractivity contribution in [2.24, 2.45) is 4.99 Å². The molecule has 1 heterocycles. The quantitative estimate of drug-likeness (QED) is 0.694. The van der Waals surface area contributed by atoms with Crippen LogP contribution < -0.4 is 0 Å². The predicted octanol–water partition coefficient (Wildman–Crippen LogP) is 3.17. The number of hydrogen-bond donors (Lipinski definition) is 0. The van der Waals surface area contributed by atoms with Gasteiger partial charge in [-0.1, -0.05) is 33.0 Å². The van der Waals surface area contributed by atoms with Crippen LogP contribution in [0.2, 0.25) is 38.8 Å². The highest BCUT2D eigenvalue weighted by Crippen LogP contribution is 2.19. The highest BCUT2D eigenvalue weighted by molar-refractivity contribution is 6.75. The summed E-state index contributed by atoms with van der Waals surface area (Å²) in [6.07, 6.45) is 3.28. The number of rotatable bonds is 6. The molecule has 3 nitrogen and oxygen atoms in total. The number of aliphatic imine (C=N–C) groups is 1. The summed E-state index contributed by atoms with van der Waals surface area (Å²) in [5, 5.41) is 0. The van der Waals surface area contributed by atoms with Gasteiger partial charge in [-0.3, -0.25) is 4.99 Å². The van der Waals surface area contributed by atoms with Crippen LogP contribution in [0.5, 0.6) is 0 Å². The minimum absolute atomic E-state index is 0.491. The van der Waals surface area contributed by atoms with Gasteiger partial charge in [-0.2, -0.15) is 0 Å². The van der Waals surface area contributed by atoms with Crippen molar-refractivity contribution in [1.29, 1.82) is 0 Å². The second-order valence-electron chi connectivity index (χ2n) is 6.53. The maximum atomic E-state index is 6.22. The molecule has 0 aromatic rings. The van der Waals surface area contributed by atoms with Gasteiger partial charge in [0.15, 0.2) is 8.32 Å². The summed E-state index contributed by atoms with van der Waals surface area (Å²) in [6.45, 7) is 15.8. The Labute approximate surface area is 108 Å². The molecule has 1 rings (SSSR count). The molecule has 1 aliphatic heterocycles. The van der Waals surface area contributed by atoms with Crippen LogP contribution in [-0.2, 0) is 4.43 Å². The molecule has 0 aromatic heterocycles. The second-order valence-corrected chi connectivity index (χ2v) is 15.7. The van der Waals surface area contributed by atoms with Gasteiger partial charge in [-0.25, -0.2) is 0 Å². The summed E-state index contributed by atoms with van der Waals surface area (Å²) in [7, 11) is -2.71. The van der Waals surface area contributed by atoms with Crippen molar-refractivity contribution < 1.29 is 4.43 Å². The molecule has 100 valence electrons. The van der Waals surface area contributed by atoms with Crippen molar-refractivity contribution in [1.82, 2.24) is 4.57 Å². The molecular formula is C12H28N2OSi2. The topological polar surface area (TPSA) is 24.8 Å². The zero-order valence-electron chi connectivity index (χ0n) is 12.3. The van der Waals surface area contributed by atoms with Crippen molar-refractivity contribution in [3.8, 4) is 0 Å². The second kappa shape index (κ2) is 5.67. The average Bonchev–Trinajstić information content (AvgIpc) is 2.61. The van der Waals surface area contributed by atoms with E-state index in [-0.39, 0.29) is 0 Å². The molecule has 0 saturated heterocycles. The minimum Gasteiger partial charge on any atom is -0.415 e. The fourth-order valence-corrected chi connectivity index (χ4v) is 5.96. The molecule has 0 saturated carbocycles. The van der Waals surface area contributed by atoms with E-state index in [0.29, 0.717) is 6.04 Å². The zero-order chi connectivity index (χ0) is 13.1. The van der Waals surface area contributed by atoms with Gasteiger partial charge in [-0.05, 0) is 19.1 Å². The van der Waals surface area contributed by atoms with E-state index in [1.165, 1.54) is 12.5 Å². The first kappa shape index (κ1) is 14.9. The van der Waals surface area contributed by atoms with Crippen LogP contribution in [0, 0.1) is 0 Å². The normalized spacial score (nSPS) is 21.3. The Morgan fingerprint density at radius 1 is 1.29 bits per heavy atom. The van der Waals surface area contributed by atoms with Crippen molar-refractivity contribution in [3.05, 3.63) is 0 Å². The monoisotopic (exact) mass is 272 g/mol. The fraction of sp³-hybridized carbons (Fsp3) is 0.917. The third-order valence-electron chi connectivity index (χ3n) is 3.21. The molecule has 0 spiro atoms. The smallest absolute Gasteiger partial charge is 0.186 e. The van der Waals surface area contributed by atoms with Gasteiger partial charge >= 0.3 is 0 Å². The maximum absolute atomic E-state index is 6.22. The van der Waals surface area contributed by atoms with Gasteiger partial charge in [0.2, 0.25) is 0 Å². The Bertz CT molecular complexity index is 274. The first-order valence-corrected chi connectivity index (χ1v) is 13.2. The van der Waals surface area contributed by atoms with Crippen LogP contribution in [0.3, 0.4) is 0 Å². The van der Waals surface area contributed by atoms with Crippen molar-refractivity contribution >= 4 is 22.9 Å². The van der Waals surface area contributed by atoms with Crippen LogP contribution in [0.1, 0.15) is 13.3 Å². The molecular weight excluding hydrogens is 244 g/mol. The van der Waals surface area contributed by atoms with Crippen LogP contribution >= 0.6 is 0 Å². The lowest BCUT2D eigenvalue weighted by atomic mass is 10.3. The highest BCUT2D eigenvalue weighted by atomic mass is 28.4. The third-order valence-corrected chi connectivity index (χ3v) is 7.89. The van der Waals surface area contributed by atoms with Gasteiger partial charge in [0.25, 0.3) is 0 Å². The van der Waals surface area contributed by atoms with E-state index in [2.05, 4.69) is 55.6 Å². The SMILES string of the molecule is CCC[Si](C)(C)OCC1CN=CN1[Si](C)(C)C. The maximum Gasteiger partial charge on any atom is 0.186 e. The third kappa shape index (κ3) is 4.56. The standard InChI is InChI=1S/C12H28N2OSi2/c1-7-8-17(5,6)15-10-12-9-13-11-14(12)16(2,3)4/h11-12H,7-10H2,1-6H3. The number of nitrogens with zero attached hydrogens (tertiary/aromatic N) is 2. The average molecular weight is 273 g/mol. The summed E-state index contributed by atoms with van der Waals surface area (Å²) in [5.41, 5.74) is 0. The summed E-state index contributed by atoms with van der Waals surface area (Å²) < 4.78 is 8.69. The van der Waals surface area contributed by atoms with Crippen LogP contribution in [0.25, 0.3) is 0 Å². The lowest BCUT2D eigenvalue weighted by molar-refractivity contribution is 0.244. The van der Waals surface area contributed by atoms with Gasteiger partial charge in [0.05, 0.1) is 25.5 Å². The van der Waals surface area contributed by atoms with Crippen molar-refractivity contribution in [2.45, 2.75) is 58.2 Å². The highest BCUT2D eigenvalue weighted by Gasteiger charge is 2.33. The van der Waals surface area contributed by atoms with E-state index >= 15 is 0 Å². The summed E-state index contributed by atoms with van der Waals surface area (Å²) in [4.78, 5) is 4.43. The van der Waals surface area contributed by atoms with Crippen LogP contribution in [0.4, 0.5) is 0 Å². The summed E-state index contributed by atoms with van der Waals surface area (Å²) in [5.74, 6) is 0. The Morgan fingerprint density at radius 3 is 2.47 bits per heavy atom. The summed E-state index contributed by atoms with van der Waals surface area (Å²) >= 11 is 0. The summed E-state index contributed by atoms with van der Waals surface area (Å²) in [6, 6.07) is 1.75. The van der Waals surface area contributed by atoms with Crippen LogP contribution in [-0.4, -0.2) is 46.7 Å². The van der Waals surface area contributed by atoms with Gasteiger partial charge in [0.1, 0.15) is 8.24 Å². The largest absolute Gasteiger partial charge is 0.415 e. The molecule has 0 aliphatic carbocycles. The molecule has 1 unspecified atom stereocenters. The Hall–Kier alpha value is -0.136. The fourth-order valence-electron chi connectivity index (χ4n) is 2.29. The van der Waals surface area contributed by atoms with E-state index in [1.807, 2.05) is 0 Å². The van der Waals surface area contributed by atoms with E-state index in [0.717, 1.165) is 13.2 Å². The molecule has 0 N–H and O–H groups in total. The molecule has 0 bridgehead atoms. The molecule has 0 aromatic carbocycles. The van der Waals surface area contributed by atoms with Crippen molar-refractivity contribution in [2.75, 3.05) is 13.2 Å². The molecule has 17 heavy (non-hydrogen) atoms. The van der Waals surface area contributed by atoms with Crippen molar-refractivity contribution in [3.63, 3.8) is 0 Å². The number of hydrogen-bond acceptors (Lipinski definition) is 3. The minimum atomic E-state index is -1.43. The van der Waals surface area contributed by atoms with Gasteiger partial charge < -0.3 is 8.99 Å².